The number of aromatic amines is 1. The predicted molar refractivity (Wildman–Crippen MR) is 115 cm³/mol. The summed E-state index contributed by atoms with van der Waals surface area (Å²) in [7, 11) is 1.63. The summed E-state index contributed by atoms with van der Waals surface area (Å²) in [5, 5.41) is 12.6. The first kappa shape index (κ1) is 18.7. The second-order valence-electron chi connectivity index (χ2n) is 7.17. The monoisotopic (exact) mass is 386 g/mol. The summed E-state index contributed by atoms with van der Waals surface area (Å²) in [5.41, 5.74) is 5.86. The number of fused-ring (bicyclic) bond motifs is 1. The molecule has 29 heavy (non-hydrogen) atoms. The van der Waals surface area contributed by atoms with Crippen molar-refractivity contribution in [3.8, 4) is 17.0 Å². The summed E-state index contributed by atoms with van der Waals surface area (Å²) in [6.45, 7) is 1.84. The molecule has 1 N–H and O–H groups in total. The van der Waals surface area contributed by atoms with E-state index in [0.717, 1.165) is 44.6 Å². The maximum absolute atomic E-state index is 11.6. The molecule has 5 heteroatoms. The van der Waals surface area contributed by atoms with Gasteiger partial charge in [0.15, 0.2) is 0 Å². The van der Waals surface area contributed by atoms with Crippen LogP contribution in [-0.4, -0.2) is 23.6 Å². The first-order chi connectivity index (χ1) is 14.1. The minimum Gasteiger partial charge on any atom is -0.497 e. The van der Waals surface area contributed by atoms with Crippen molar-refractivity contribution in [2.24, 2.45) is 0 Å². The summed E-state index contributed by atoms with van der Waals surface area (Å²) >= 11 is 0. The maximum atomic E-state index is 11.6. The highest BCUT2D eigenvalue weighted by molar-refractivity contribution is 5.92. The van der Waals surface area contributed by atoms with E-state index in [1.807, 2.05) is 79.7 Å². The molecule has 0 fully saturated rings. The lowest BCUT2D eigenvalue weighted by Crippen LogP contribution is -2.14. The van der Waals surface area contributed by atoms with Crippen molar-refractivity contribution in [3.05, 3.63) is 99.6 Å². The van der Waals surface area contributed by atoms with Gasteiger partial charge >= 0.3 is 0 Å². The minimum atomic E-state index is -0.362. The van der Waals surface area contributed by atoms with Gasteiger partial charge in [0, 0.05) is 15.8 Å². The molecule has 3 aromatic carbocycles. The van der Waals surface area contributed by atoms with Gasteiger partial charge in [0.2, 0.25) is 6.54 Å². The van der Waals surface area contributed by atoms with E-state index in [1.165, 1.54) is 0 Å². The molecule has 0 unspecified atom stereocenters. The summed E-state index contributed by atoms with van der Waals surface area (Å²) in [6, 6.07) is 23.7. The number of para-hydroxylation sites is 1. The average molecular weight is 386 g/mol. The number of hydrogen-bond acceptors (Lipinski definition) is 3. The van der Waals surface area contributed by atoms with Crippen LogP contribution in [0.5, 0.6) is 5.75 Å². The SMILES string of the molecule is COc1ccc(-c2[nH]c3ccccc3c2[C@H](C[N+](=O)[O-])c2ccc(C)cc2)cc1. The molecule has 4 aromatic rings. The molecule has 0 aliphatic carbocycles. The van der Waals surface area contributed by atoms with Crippen molar-refractivity contribution in [1.29, 1.82) is 0 Å². The largest absolute Gasteiger partial charge is 0.497 e. The van der Waals surface area contributed by atoms with Crippen molar-refractivity contribution in [2.45, 2.75) is 12.8 Å². The van der Waals surface area contributed by atoms with E-state index in [2.05, 4.69) is 4.98 Å². The molecule has 4 rings (SSSR count). The van der Waals surface area contributed by atoms with E-state index in [4.69, 9.17) is 4.74 Å². The van der Waals surface area contributed by atoms with Crippen LogP contribution in [-0.2, 0) is 0 Å². The maximum Gasteiger partial charge on any atom is 0.214 e. The molecule has 0 saturated heterocycles. The number of ether oxygens (including phenoxy) is 1. The molecule has 1 atom stereocenters. The Morgan fingerprint density at radius 3 is 2.34 bits per heavy atom. The molecule has 0 amide bonds. The number of nitrogens with one attached hydrogen (secondary N) is 1. The van der Waals surface area contributed by atoms with Crippen molar-refractivity contribution < 1.29 is 9.66 Å². The van der Waals surface area contributed by atoms with Crippen LogP contribution in [0.4, 0.5) is 0 Å². The molecule has 0 aliphatic heterocycles. The Bertz CT molecular complexity index is 1150. The summed E-state index contributed by atoms with van der Waals surface area (Å²) in [6.07, 6.45) is 0. The van der Waals surface area contributed by atoms with E-state index < -0.39 is 0 Å². The highest BCUT2D eigenvalue weighted by Crippen LogP contribution is 2.39. The summed E-state index contributed by atoms with van der Waals surface area (Å²) < 4.78 is 5.28. The standard InChI is InChI=1S/C24H22N2O3/c1-16-7-9-17(10-8-16)21(15-26(27)28)23-20-5-3-4-6-22(20)25-24(23)18-11-13-19(29-2)14-12-18/h3-14,21,25H,15H2,1-2H3/t21-/m1/s1. The van der Waals surface area contributed by atoms with Crippen LogP contribution < -0.4 is 4.74 Å². The van der Waals surface area contributed by atoms with Gasteiger partial charge in [-0.1, -0.05) is 48.0 Å². The second-order valence-corrected chi connectivity index (χ2v) is 7.17. The molecule has 1 aromatic heterocycles. The predicted octanol–water partition coefficient (Wildman–Crippen LogP) is 5.56. The van der Waals surface area contributed by atoms with Crippen LogP contribution in [0.25, 0.3) is 22.2 Å². The molecule has 0 radical (unpaired) electrons. The third-order valence-electron chi connectivity index (χ3n) is 5.28. The lowest BCUT2D eigenvalue weighted by molar-refractivity contribution is -0.481. The highest BCUT2D eigenvalue weighted by Gasteiger charge is 2.27. The number of aromatic nitrogens is 1. The summed E-state index contributed by atoms with van der Waals surface area (Å²) in [4.78, 5) is 14.8. The topological polar surface area (TPSA) is 68.2 Å². The van der Waals surface area contributed by atoms with E-state index in [1.54, 1.807) is 7.11 Å². The smallest absolute Gasteiger partial charge is 0.214 e. The zero-order valence-electron chi connectivity index (χ0n) is 16.4. The lowest BCUT2D eigenvalue weighted by atomic mass is 9.87. The van der Waals surface area contributed by atoms with Gasteiger partial charge in [-0.05, 0) is 53.9 Å². The normalized spacial score (nSPS) is 12.1. The Hall–Kier alpha value is -3.60. The Morgan fingerprint density at radius 1 is 1.00 bits per heavy atom. The number of hydrogen-bond donors (Lipinski definition) is 1. The number of H-pyrrole nitrogens is 1. The highest BCUT2D eigenvalue weighted by atomic mass is 16.6. The number of nitro groups is 1. The second kappa shape index (κ2) is 7.80. The summed E-state index contributed by atoms with van der Waals surface area (Å²) in [5.74, 6) is 0.408. The van der Waals surface area contributed by atoms with E-state index in [-0.39, 0.29) is 17.4 Å². The molecule has 146 valence electrons. The van der Waals surface area contributed by atoms with E-state index in [0.29, 0.717) is 0 Å². The van der Waals surface area contributed by atoms with Gasteiger partial charge in [-0.3, -0.25) is 10.1 Å². The Morgan fingerprint density at radius 2 is 1.69 bits per heavy atom. The molecular weight excluding hydrogens is 364 g/mol. The number of nitrogens with zero attached hydrogens (tertiary/aromatic N) is 1. The van der Waals surface area contributed by atoms with Gasteiger partial charge in [0.25, 0.3) is 0 Å². The molecule has 0 bridgehead atoms. The molecule has 1 heterocycles. The van der Waals surface area contributed by atoms with E-state index >= 15 is 0 Å². The van der Waals surface area contributed by atoms with Gasteiger partial charge in [0.05, 0.1) is 18.7 Å². The fraction of sp³-hybridized carbons (Fsp3) is 0.167. The van der Waals surface area contributed by atoms with Crippen molar-refractivity contribution in [3.63, 3.8) is 0 Å². The molecule has 0 spiro atoms. The van der Waals surface area contributed by atoms with Crippen LogP contribution in [0.1, 0.15) is 22.6 Å². The number of methoxy groups -OCH3 is 1. The van der Waals surface area contributed by atoms with Gasteiger partial charge in [0.1, 0.15) is 5.75 Å². The third-order valence-corrected chi connectivity index (χ3v) is 5.28. The first-order valence-corrected chi connectivity index (χ1v) is 9.50. The first-order valence-electron chi connectivity index (χ1n) is 9.50. The van der Waals surface area contributed by atoms with E-state index in [9.17, 15) is 10.1 Å². The van der Waals surface area contributed by atoms with Gasteiger partial charge in [-0.15, -0.1) is 0 Å². The fourth-order valence-corrected chi connectivity index (χ4v) is 3.82. The van der Waals surface area contributed by atoms with Gasteiger partial charge in [-0.2, -0.15) is 0 Å². The average Bonchev–Trinajstić information content (AvgIpc) is 3.12. The molecule has 0 saturated carbocycles. The minimum absolute atomic E-state index is 0.173. The fourth-order valence-electron chi connectivity index (χ4n) is 3.82. The van der Waals surface area contributed by atoms with Crippen molar-refractivity contribution in [2.75, 3.05) is 13.7 Å². The van der Waals surface area contributed by atoms with Gasteiger partial charge < -0.3 is 9.72 Å². The van der Waals surface area contributed by atoms with Crippen molar-refractivity contribution >= 4 is 10.9 Å². The molecular formula is C24H22N2O3. The van der Waals surface area contributed by atoms with Crippen molar-refractivity contribution in [1.82, 2.24) is 4.98 Å². The zero-order valence-corrected chi connectivity index (χ0v) is 16.4. The molecule has 0 aliphatic rings. The quantitative estimate of drug-likeness (QED) is 0.348. The van der Waals surface area contributed by atoms with Crippen LogP contribution in [0, 0.1) is 17.0 Å². The van der Waals surface area contributed by atoms with Crippen LogP contribution in [0.15, 0.2) is 72.8 Å². The number of rotatable bonds is 6. The Balaban J connectivity index is 1.95. The Kier molecular flexibility index (Phi) is 5.04. The third kappa shape index (κ3) is 3.72. The molecule has 5 nitrogen and oxygen atoms in total. The van der Waals surface area contributed by atoms with Crippen LogP contribution in [0.2, 0.25) is 0 Å². The van der Waals surface area contributed by atoms with Crippen LogP contribution in [0.3, 0.4) is 0 Å². The number of benzene rings is 3. The zero-order chi connectivity index (χ0) is 20.4. The lowest BCUT2D eigenvalue weighted by Gasteiger charge is -2.16. The van der Waals surface area contributed by atoms with Crippen LogP contribution >= 0.6 is 0 Å². The van der Waals surface area contributed by atoms with Gasteiger partial charge in [-0.25, -0.2) is 0 Å². The Labute approximate surface area is 169 Å². The number of aryl methyl sites for hydroxylation is 1.